The summed E-state index contributed by atoms with van der Waals surface area (Å²) in [6, 6.07) is 20.5. The molecular weight excluding hydrogens is 448 g/mol. The van der Waals surface area contributed by atoms with Crippen molar-refractivity contribution in [2.24, 2.45) is 11.7 Å². The molecule has 2 aromatic carbocycles. The fourth-order valence-electron chi connectivity index (χ4n) is 6.70. The fraction of sp³-hybridized carbons (Fsp3) is 0.419. The molecule has 3 N–H and O–H groups in total. The van der Waals surface area contributed by atoms with Gasteiger partial charge in [-0.25, -0.2) is 4.98 Å². The monoisotopic (exact) mass is 484 g/mol. The Labute approximate surface area is 213 Å². The average molecular weight is 485 g/mol. The maximum absolute atomic E-state index is 11.9. The van der Waals surface area contributed by atoms with E-state index in [1.54, 1.807) is 12.1 Å². The lowest BCUT2D eigenvalue weighted by atomic mass is 9.52. The summed E-state index contributed by atoms with van der Waals surface area (Å²) in [5.74, 6) is 0.794. The van der Waals surface area contributed by atoms with Crippen molar-refractivity contribution < 1.29 is 14.6 Å². The zero-order valence-electron chi connectivity index (χ0n) is 21.3. The van der Waals surface area contributed by atoms with Crippen LogP contribution in [-0.4, -0.2) is 21.6 Å². The van der Waals surface area contributed by atoms with Crippen molar-refractivity contribution in [3.05, 3.63) is 88.6 Å². The minimum atomic E-state index is -0.554. The minimum absolute atomic E-state index is 0.00654. The van der Waals surface area contributed by atoms with Gasteiger partial charge in [-0.1, -0.05) is 49.7 Å². The van der Waals surface area contributed by atoms with Crippen LogP contribution in [0.1, 0.15) is 78.2 Å². The summed E-state index contributed by atoms with van der Waals surface area (Å²) in [7, 11) is 0. The molecule has 0 saturated heterocycles. The van der Waals surface area contributed by atoms with Crippen molar-refractivity contribution in [3.8, 4) is 11.6 Å². The predicted molar refractivity (Wildman–Crippen MR) is 141 cm³/mol. The number of amides is 1. The van der Waals surface area contributed by atoms with E-state index in [0.29, 0.717) is 11.7 Å². The van der Waals surface area contributed by atoms with Gasteiger partial charge in [-0.05, 0) is 98.7 Å². The highest BCUT2D eigenvalue weighted by molar-refractivity contribution is 5.95. The maximum atomic E-state index is 11.9. The molecule has 2 aliphatic rings. The second kappa shape index (κ2) is 9.70. The quantitative estimate of drug-likeness (QED) is 0.428. The number of pyridine rings is 1. The van der Waals surface area contributed by atoms with Gasteiger partial charge in [0.15, 0.2) is 0 Å². The number of hydrogen-bond acceptors (Lipinski definition) is 4. The first-order valence-electron chi connectivity index (χ1n) is 13.2. The number of carbonyl (C=O) groups is 1. The molecule has 3 aromatic rings. The van der Waals surface area contributed by atoms with Crippen molar-refractivity contribution in [1.29, 1.82) is 0 Å². The summed E-state index contributed by atoms with van der Waals surface area (Å²) < 4.78 is 6.12. The molecule has 5 nitrogen and oxygen atoms in total. The van der Waals surface area contributed by atoms with Crippen LogP contribution in [0.5, 0.6) is 11.6 Å². The number of nitrogens with zero attached hydrogens (tertiary/aromatic N) is 1. The van der Waals surface area contributed by atoms with Gasteiger partial charge in [-0.15, -0.1) is 0 Å². The first-order valence-corrected chi connectivity index (χ1v) is 13.2. The molecule has 1 amide bonds. The van der Waals surface area contributed by atoms with E-state index in [9.17, 15) is 9.90 Å². The van der Waals surface area contributed by atoms with Crippen LogP contribution in [0.4, 0.5) is 0 Å². The molecular formula is C31H36N2O3. The number of hydrogen-bond donors (Lipinski definition) is 2. The van der Waals surface area contributed by atoms with Crippen molar-refractivity contribution in [3.63, 3.8) is 0 Å². The molecule has 0 radical (unpaired) electrons. The van der Waals surface area contributed by atoms with E-state index in [4.69, 9.17) is 10.5 Å². The number of aliphatic hydroxyl groups is 1. The van der Waals surface area contributed by atoms with Gasteiger partial charge in [-0.2, -0.15) is 0 Å². The summed E-state index contributed by atoms with van der Waals surface area (Å²) in [4.78, 5) is 16.3. The van der Waals surface area contributed by atoms with Crippen LogP contribution >= 0.6 is 0 Å². The molecule has 3 atom stereocenters. The fourth-order valence-corrected chi connectivity index (χ4v) is 6.70. The minimum Gasteiger partial charge on any atom is -0.438 e. The zero-order valence-corrected chi connectivity index (χ0v) is 21.3. The van der Waals surface area contributed by atoms with Gasteiger partial charge in [0.1, 0.15) is 11.3 Å². The van der Waals surface area contributed by atoms with E-state index < -0.39 is 11.5 Å². The van der Waals surface area contributed by atoms with E-state index in [0.717, 1.165) is 57.1 Å². The third-order valence-corrected chi connectivity index (χ3v) is 8.38. The van der Waals surface area contributed by atoms with Crippen molar-refractivity contribution in [2.75, 3.05) is 0 Å². The molecule has 188 valence electrons. The van der Waals surface area contributed by atoms with Crippen LogP contribution in [0.2, 0.25) is 0 Å². The second-order valence-electron chi connectivity index (χ2n) is 10.8. The van der Waals surface area contributed by atoms with Crippen molar-refractivity contribution in [1.82, 2.24) is 4.98 Å². The number of nitrogens with two attached hydrogens (primary N) is 1. The number of carbonyl (C=O) groups excluding carboxylic acids is 1. The molecule has 0 spiro atoms. The summed E-state index contributed by atoms with van der Waals surface area (Å²) in [5, 5.41) is 11.4. The average Bonchev–Trinajstić information content (AvgIpc) is 2.85. The molecule has 2 aliphatic carbocycles. The van der Waals surface area contributed by atoms with Gasteiger partial charge in [0.2, 0.25) is 5.88 Å². The van der Waals surface area contributed by atoms with Gasteiger partial charge in [-0.3, -0.25) is 4.79 Å². The Kier molecular flexibility index (Phi) is 6.60. The molecule has 5 heteroatoms. The normalized spacial score (nSPS) is 25.0. The molecule has 36 heavy (non-hydrogen) atoms. The Morgan fingerprint density at radius 2 is 1.94 bits per heavy atom. The lowest BCUT2D eigenvalue weighted by Gasteiger charge is -2.53. The van der Waals surface area contributed by atoms with Gasteiger partial charge < -0.3 is 15.6 Å². The molecule has 0 unspecified atom stereocenters. The van der Waals surface area contributed by atoms with Crippen LogP contribution < -0.4 is 10.5 Å². The summed E-state index contributed by atoms with van der Waals surface area (Å²) in [6.45, 7) is 4.02. The molecule has 1 fully saturated rings. The zero-order chi connectivity index (χ0) is 25.3. The Morgan fingerprint density at radius 3 is 2.69 bits per heavy atom. The van der Waals surface area contributed by atoms with Gasteiger partial charge >= 0.3 is 0 Å². The van der Waals surface area contributed by atoms with Crippen LogP contribution in [0, 0.1) is 12.8 Å². The number of benzene rings is 2. The first-order chi connectivity index (χ1) is 17.3. The molecule has 1 aromatic heterocycles. The number of ether oxygens (including phenoxy) is 1. The van der Waals surface area contributed by atoms with E-state index in [1.807, 2.05) is 13.0 Å². The van der Waals surface area contributed by atoms with E-state index in [2.05, 4.69) is 54.4 Å². The highest BCUT2D eigenvalue weighted by Crippen LogP contribution is 2.55. The van der Waals surface area contributed by atoms with Gasteiger partial charge in [0.05, 0.1) is 5.60 Å². The largest absolute Gasteiger partial charge is 0.438 e. The number of primary amides is 1. The highest BCUT2D eigenvalue weighted by Gasteiger charge is 2.51. The SMILES string of the molecule is CCC[C@@]1(O)CC[C@@]2(Cc3ccccc3)c3ccc(Oc4nc(C)ccc4C(N)=O)cc3CC[C@@H]2C1. The molecule has 0 bridgehead atoms. The van der Waals surface area contributed by atoms with E-state index in [-0.39, 0.29) is 16.9 Å². The Bertz CT molecular complexity index is 1260. The van der Waals surface area contributed by atoms with Gasteiger partial charge in [0.25, 0.3) is 5.91 Å². The van der Waals surface area contributed by atoms with Gasteiger partial charge in [0, 0.05) is 11.1 Å². The van der Waals surface area contributed by atoms with Crippen LogP contribution in [-0.2, 0) is 18.3 Å². The first kappa shape index (κ1) is 24.5. The standard InChI is InChI=1S/C31H36N2O3/c1-3-15-30(35)16-17-31(19-22-7-5-4-6-8-22)24(20-30)11-10-23-18-25(12-14-27(23)31)36-29-26(28(32)34)13-9-21(2)33-29/h4-9,12-14,18,24,35H,3,10-11,15-17,19-20H2,1-2H3,(H2,32,34)/t24-,30-,31+/m1/s1. The number of aromatic nitrogens is 1. The lowest BCUT2D eigenvalue weighted by Crippen LogP contribution is -2.51. The Balaban J connectivity index is 1.51. The Morgan fingerprint density at radius 1 is 1.14 bits per heavy atom. The summed E-state index contributed by atoms with van der Waals surface area (Å²) >= 11 is 0. The predicted octanol–water partition coefficient (Wildman–Crippen LogP) is 6.04. The second-order valence-corrected chi connectivity index (χ2v) is 10.8. The van der Waals surface area contributed by atoms with Crippen LogP contribution in [0.15, 0.2) is 60.7 Å². The van der Waals surface area contributed by atoms with Crippen molar-refractivity contribution >= 4 is 5.91 Å². The van der Waals surface area contributed by atoms with Crippen LogP contribution in [0.3, 0.4) is 0 Å². The number of rotatable bonds is 7. The lowest BCUT2D eigenvalue weighted by molar-refractivity contribution is -0.0565. The number of fused-ring (bicyclic) bond motifs is 3. The molecule has 5 rings (SSSR count). The summed E-state index contributed by atoms with van der Waals surface area (Å²) in [5.41, 5.74) is 10.0. The van der Waals surface area contributed by atoms with E-state index >= 15 is 0 Å². The van der Waals surface area contributed by atoms with Crippen LogP contribution in [0.25, 0.3) is 0 Å². The highest BCUT2D eigenvalue weighted by atomic mass is 16.5. The smallest absolute Gasteiger partial charge is 0.254 e. The Hall–Kier alpha value is -3.18. The van der Waals surface area contributed by atoms with E-state index in [1.165, 1.54) is 16.7 Å². The van der Waals surface area contributed by atoms with Crippen molar-refractivity contribution in [2.45, 2.75) is 76.2 Å². The molecule has 1 saturated carbocycles. The molecule has 1 heterocycles. The number of aryl methyl sites for hydroxylation is 2. The topological polar surface area (TPSA) is 85.4 Å². The molecule has 0 aliphatic heterocycles. The summed E-state index contributed by atoms with van der Waals surface area (Å²) in [6.07, 6.45) is 7.51. The third kappa shape index (κ3) is 4.64. The third-order valence-electron chi connectivity index (χ3n) is 8.38. The maximum Gasteiger partial charge on any atom is 0.254 e.